The molecule has 5 heteroatoms. The molecule has 0 spiro atoms. The van der Waals surface area contributed by atoms with E-state index in [1.165, 1.54) is 0 Å². The van der Waals surface area contributed by atoms with Gasteiger partial charge in [-0.15, -0.1) is 0 Å². The summed E-state index contributed by atoms with van der Waals surface area (Å²) in [5.74, 6) is 0.484. The molecule has 0 aliphatic rings. The monoisotopic (exact) mass is 322 g/mol. The molecule has 0 bridgehead atoms. The van der Waals surface area contributed by atoms with E-state index < -0.39 is 0 Å². The third-order valence-electron chi connectivity index (χ3n) is 2.93. The molecule has 1 N–H and O–H groups in total. The quantitative estimate of drug-likeness (QED) is 0.590. The van der Waals surface area contributed by atoms with Crippen LogP contribution in [0.3, 0.4) is 0 Å². The van der Waals surface area contributed by atoms with Gasteiger partial charge >= 0.3 is 0 Å². The topological polar surface area (TPSA) is 24.9 Å². The van der Waals surface area contributed by atoms with Gasteiger partial charge < -0.3 is 5.32 Å². The molecule has 3 aromatic rings. The van der Waals surface area contributed by atoms with Crippen LogP contribution in [-0.4, -0.2) is 4.98 Å². The first-order chi connectivity index (χ1) is 9.65. The Morgan fingerprint density at radius 3 is 2.45 bits per heavy atom. The SMILES string of the molecule is Clc1cc(Cl)c(Nc2cccc3ccccc23)nc1Cl. The molecule has 0 radical (unpaired) electrons. The Labute approximate surface area is 131 Å². The molecular weight excluding hydrogens is 315 g/mol. The lowest BCUT2D eigenvalue weighted by Gasteiger charge is -2.11. The van der Waals surface area contributed by atoms with Gasteiger partial charge in [0.05, 0.1) is 10.0 Å². The number of nitrogens with zero attached hydrogens (tertiary/aromatic N) is 1. The molecule has 0 atom stereocenters. The maximum atomic E-state index is 6.13. The van der Waals surface area contributed by atoms with Crippen molar-refractivity contribution in [3.8, 4) is 0 Å². The maximum absolute atomic E-state index is 6.13. The second-order valence-electron chi connectivity index (χ2n) is 4.24. The second-order valence-corrected chi connectivity index (χ2v) is 5.42. The largest absolute Gasteiger partial charge is 0.338 e. The van der Waals surface area contributed by atoms with E-state index in [4.69, 9.17) is 34.8 Å². The number of benzene rings is 2. The Hall–Kier alpha value is -1.48. The summed E-state index contributed by atoms with van der Waals surface area (Å²) in [6, 6.07) is 15.6. The number of rotatable bonds is 2. The number of fused-ring (bicyclic) bond motifs is 1. The van der Waals surface area contributed by atoms with E-state index in [2.05, 4.69) is 10.3 Å². The van der Waals surface area contributed by atoms with E-state index >= 15 is 0 Å². The molecule has 0 saturated carbocycles. The summed E-state index contributed by atoms with van der Waals surface area (Å²) < 4.78 is 0. The van der Waals surface area contributed by atoms with Crippen molar-refractivity contribution in [2.24, 2.45) is 0 Å². The average molecular weight is 324 g/mol. The number of hydrogen-bond donors (Lipinski definition) is 1. The first-order valence-electron chi connectivity index (χ1n) is 5.91. The summed E-state index contributed by atoms with van der Waals surface area (Å²) in [5, 5.41) is 6.39. The van der Waals surface area contributed by atoms with E-state index in [0.29, 0.717) is 15.9 Å². The molecule has 1 aromatic heterocycles. The predicted octanol–water partition coefficient (Wildman–Crippen LogP) is 5.94. The van der Waals surface area contributed by atoms with Gasteiger partial charge in [0.15, 0.2) is 5.82 Å². The van der Waals surface area contributed by atoms with Gasteiger partial charge in [0.25, 0.3) is 0 Å². The van der Waals surface area contributed by atoms with Crippen LogP contribution in [0.5, 0.6) is 0 Å². The van der Waals surface area contributed by atoms with Crippen molar-refractivity contribution in [3.05, 3.63) is 63.7 Å². The van der Waals surface area contributed by atoms with Crippen LogP contribution in [0.4, 0.5) is 11.5 Å². The van der Waals surface area contributed by atoms with Crippen LogP contribution in [0.2, 0.25) is 15.2 Å². The fourth-order valence-corrected chi connectivity index (χ4v) is 2.54. The highest BCUT2D eigenvalue weighted by Crippen LogP contribution is 2.32. The molecule has 1 heterocycles. The lowest BCUT2D eigenvalue weighted by Crippen LogP contribution is -1.96. The van der Waals surface area contributed by atoms with Crippen LogP contribution in [0, 0.1) is 0 Å². The van der Waals surface area contributed by atoms with Crippen molar-refractivity contribution in [1.82, 2.24) is 4.98 Å². The minimum atomic E-state index is 0.221. The van der Waals surface area contributed by atoms with E-state index in [-0.39, 0.29) is 5.15 Å². The fraction of sp³-hybridized carbons (Fsp3) is 0. The molecule has 0 aliphatic carbocycles. The van der Waals surface area contributed by atoms with Gasteiger partial charge in [-0.05, 0) is 17.5 Å². The van der Waals surface area contributed by atoms with E-state index in [1.54, 1.807) is 6.07 Å². The van der Waals surface area contributed by atoms with Crippen LogP contribution in [0.1, 0.15) is 0 Å². The van der Waals surface area contributed by atoms with Gasteiger partial charge in [0, 0.05) is 11.1 Å². The first kappa shape index (κ1) is 13.5. The Morgan fingerprint density at radius 1 is 0.850 bits per heavy atom. The van der Waals surface area contributed by atoms with Crippen LogP contribution in [0.15, 0.2) is 48.5 Å². The minimum Gasteiger partial charge on any atom is -0.338 e. The normalized spacial score (nSPS) is 10.8. The molecule has 3 rings (SSSR count). The van der Waals surface area contributed by atoms with E-state index in [1.807, 2.05) is 42.5 Å². The zero-order chi connectivity index (χ0) is 14.1. The number of nitrogens with one attached hydrogen (secondary N) is 1. The van der Waals surface area contributed by atoms with Gasteiger partial charge in [-0.25, -0.2) is 4.98 Å². The highest BCUT2D eigenvalue weighted by atomic mass is 35.5. The van der Waals surface area contributed by atoms with Crippen molar-refractivity contribution in [2.45, 2.75) is 0 Å². The standard InChI is InChI=1S/C15H9Cl3N2/c16-11-8-12(17)15(20-14(11)18)19-13-7-3-5-9-4-1-2-6-10(9)13/h1-8H,(H,19,20). The Morgan fingerprint density at radius 2 is 1.60 bits per heavy atom. The van der Waals surface area contributed by atoms with Gasteiger partial charge in [-0.3, -0.25) is 0 Å². The van der Waals surface area contributed by atoms with Crippen LogP contribution in [-0.2, 0) is 0 Å². The highest BCUT2D eigenvalue weighted by molar-refractivity contribution is 6.43. The molecule has 0 fully saturated rings. The zero-order valence-electron chi connectivity index (χ0n) is 10.2. The molecule has 20 heavy (non-hydrogen) atoms. The summed E-state index contributed by atoms with van der Waals surface area (Å²) in [5.41, 5.74) is 0.913. The lowest BCUT2D eigenvalue weighted by atomic mass is 10.1. The number of pyridine rings is 1. The summed E-state index contributed by atoms with van der Waals surface area (Å²) in [6.07, 6.45) is 0. The molecule has 2 nitrogen and oxygen atoms in total. The number of aromatic nitrogens is 1. The number of halogens is 3. The van der Waals surface area contributed by atoms with Crippen molar-refractivity contribution in [1.29, 1.82) is 0 Å². The lowest BCUT2D eigenvalue weighted by molar-refractivity contribution is 1.31. The van der Waals surface area contributed by atoms with Crippen LogP contribution < -0.4 is 5.32 Å². The van der Waals surface area contributed by atoms with Crippen LogP contribution in [0.25, 0.3) is 10.8 Å². The van der Waals surface area contributed by atoms with E-state index in [9.17, 15) is 0 Å². The summed E-state index contributed by atoms with van der Waals surface area (Å²) >= 11 is 17.9. The van der Waals surface area contributed by atoms with Crippen molar-refractivity contribution in [3.63, 3.8) is 0 Å². The van der Waals surface area contributed by atoms with Gasteiger partial charge in [-0.2, -0.15) is 0 Å². The highest BCUT2D eigenvalue weighted by Gasteiger charge is 2.09. The molecule has 0 saturated heterocycles. The van der Waals surface area contributed by atoms with Gasteiger partial charge in [0.2, 0.25) is 0 Å². The first-order valence-corrected chi connectivity index (χ1v) is 7.05. The summed E-state index contributed by atoms with van der Waals surface area (Å²) in [6.45, 7) is 0. The Bertz CT molecular complexity index is 782. The summed E-state index contributed by atoms with van der Waals surface area (Å²) in [4.78, 5) is 4.16. The van der Waals surface area contributed by atoms with E-state index in [0.717, 1.165) is 16.5 Å². The summed E-state index contributed by atoms with van der Waals surface area (Å²) in [7, 11) is 0. The molecule has 0 aliphatic heterocycles. The Balaban J connectivity index is 2.08. The van der Waals surface area contributed by atoms with Crippen molar-refractivity contribution >= 4 is 57.1 Å². The molecular formula is C15H9Cl3N2. The van der Waals surface area contributed by atoms with Crippen LogP contribution >= 0.6 is 34.8 Å². The van der Waals surface area contributed by atoms with Crippen molar-refractivity contribution in [2.75, 3.05) is 5.32 Å². The predicted molar refractivity (Wildman–Crippen MR) is 86.5 cm³/mol. The van der Waals surface area contributed by atoms with Crippen molar-refractivity contribution < 1.29 is 0 Å². The fourth-order valence-electron chi connectivity index (χ4n) is 1.99. The third-order valence-corrected chi connectivity index (χ3v) is 3.89. The Kier molecular flexibility index (Phi) is 3.70. The smallest absolute Gasteiger partial charge is 0.151 e. The minimum absolute atomic E-state index is 0.221. The molecule has 2 aromatic carbocycles. The maximum Gasteiger partial charge on any atom is 0.151 e. The zero-order valence-corrected chi connectivity index (χ0v) is 12.5. The molecule has 0 unspecified atom stereocenters. The number of anilines is 2. The average Bonchev–Trinajstić information content (AvgIpc) is 2.45. The molecule has 0 amide bonds. The number of hydrogen-bond acceptors (Lipinski definition) is 2. The molecule has 100 valence electrons. The third kappa shape index (κ3) is 2.55. The second kappa shape index (κ2) is 5.49. The van der Waals surface area contributed by atoms with Gasteiger partial charge in [0.1, 0.15) is 5.15 Å². The van der Waals surface area contributed by atoms with Gasteiger partial charge in [-0.1, -0.05) is 71.2 Å².